The van der Waals surface area contributed by atoms with Gasteiger partial charge in [0.15, 0.2) is 5.75 Å². The Labute approximate surface area is 201 Å². The molecule has 5 aromatic rings. The lowest BCUT2D eigenvalue weighted by Crippen LogP contribution is -2.14. The molecule has 1 unspecified atom stereocenters. The van der Waals surface area contributed by atoms with Crippen molar-refractivity contribution >= 4 is 10.9 Å². The summed E-state index contributed by atoms with van der Waals surface area (Å²) in [6.07, 6.45) is 3.58. The molecule has 5 rings (SSSR count). The zero-order valence-corrected chi connectivity index (χ0v) is 19.4. The molecule has 0 amide bonds. The first-order valence-electron chi connectivity index (χ1n) is 11.3. The standard InChI is InChI=1S/C28H24N4O3/c1-18-5-3-8-24(29-18)25(30-35)15-23-16-27(33)28(34)17-32(23)22-7-4-6-19(14-22)20-9-10-26-21(13-20)11-12-31(26)2/h3-14,16-17,25,34H,15H2,1-2H3. The molecule has 0 bridgehead atoms. The van der Waals surface area contributed by atoms with Gasteiger partial charge in [0.05, 0.1) is 11.9 Å². The molecule has 0 saturated carbocycles. The number of aryl methyl sites for hydroxylation is 2. The fraction of sp³-hybridized carbons (Fsp3) is 0.143. The van der Waals surface area contributed by atoms with Crippen LogP contribution in [0.15, 0.2) is 95.2 Å². The van der Waals surface area contributed by atoms with Crippen LogP contribution in [0.3, 0.4) is 0 Å². The van der Waals surface area contributed by atoms with Crippen LogP contribution in [0.4, 0.5) is 0 Å². The molecular formula is C28H24N4O3. The van der Waals surface area contributed by atoms with E-state index in [1.165, 1.54) is 12.3 Å². The van der Waals surface area contributed by atoms with Crippen molar-refractivity contribution in [1.29, 1.82) is 0 Å². The molecule has 0 radical (unpaired) electrons. The molecule has 0 saturated heterocycles. The fourth-order valence-electron chi connectivity index (χ4n) is 4.40. The normalized spacial score (nSPS) is 12.1. The lowest BCUT2D eigenvalue weighted by molar-refractivity contribution is 0.463. The molecule has 35 heavy (non-hydrogen) atoms. The lowest BCUT2D eigenvalue weighted by atomic mass is 10.0. The molecule has 0 aliphatic heterocycles. The highest BCUT2D eigenvalue weighted by molar-refractivity contribution is 5.85. The van der Waals surface area contributed by atoms with E-state index in [4.69, 9.17) is 0 Å². The first-order chi connectivity index (χ1) is 16.9. The fourth-order valence-corrected chi connectivity index (χ4v) is 4.40. The molecule has 0 aliphatic carbocycles. The minimum absolute atomic E-state index is 0.162. The Hall–Kier alpha value is -4.52. The Balaban J connectivity index is 1.57. The molecule has 0 fully saturated rings. The van der Waals surface area contributed by atoms with E-state index in [0.717, 1.165) is 33.4 Å². The average molecular weight is 465 g/mol. The van der Waals surface area contributed by atoms with Crippen molar-refractivity contribution in [3.8, 4) is 22.6 Å². The number of fused-ring (bicyclic) bond motifs is 1. The SMILES string of the molecule is Cc1cccc(C(Cc2cc(=O)c(O)cn2-c2cccc(-c3ccc4c(ccn4C)c3)c2)N=O)n1. The molecule has 7 nitrogen and oxygen atoms in total. The van der Waals surface area contributed by atoms with Crippen LogP contribution in [0.5, 0.6) is 5.75 Å². The predicted molar refractivity (Wildman–Crippen MR) is 137 cm³/mol. The van der Waals surface area contributed by atoms with Crippen LogP contribution in [0.1, 0.15) is 23.1 Å². The zero-order valence-electron chi connectivity index (χ0n) is 19.4. The number of rotatable bonds is 6. The number of nitrogens with zero attached hydrogens (tertiary/aromatic N) is 4. The zero-order chi connectivity index (χ0) is 24.5. The number of aromatic hydroxyl groups is 1. The second-order valence-corrected chi connectivity index (χ2v) is 8.66. The molecular weight excluding hydrogens is 440 g/mol. The van der Waals surface area contributed by atoms with E-state index >= 15 is 0 Å². The molecule has 0 aliphatic rings. The van der Waals surface area contributed by atoms with Gasteiger partial charge >= 0.3 is 0 Å². The summed E-state index contributed by atoms with van der Waals surface area (Å²) >= 11 is 0. The number of hydrogen-bond acceptors (Lipinski definition) is 5. The molecule has 3 heterocycles. The van der Waals surface area contributed by atoms with Crippen LogP contribution in [0, 0.1) is 11.8 Å². The second-order valence-electron chi connectivity index (χ2n) is 8.66. The maximum Gasteiger partial charge on any atom is 0.223 e. The van der Waals surface area contributed by atoms with Crippen molar-refractivity contribution in [1.82, 2.24) is 14.1 Å². The monoisotopic (exact) mass is 464 g/mol. The van der Waals surface area contributed by atoms with E-state index in [1.54, 1.807) is 10.6 Å². The van der Waals surface area contributed by atoms with Gasteiger partial charge in [0.2, 0.25) is 5.43 Å². The Bertz CT molecular complexity index is 1620. The Kier molecular flexibility index (Phi) is 5.74. The van der Waals surface area contributed by atoms with Gasteiger partial charge in [-0.1, -0.05) is 29.4 Å². The summed E-state index contributed by atoms with van der Waals surface area (Å²) in [7, 11) is 2.01. The third-order valence-corrected chi connectivity index (χ3v) is 6.23. The average Bonchev–Trinajstić information content (AvgIpc) is 3.24. The second kappa shape index (κ2) is 9.02. The highest BCUT2D eigenvalue weighted by Gasteiger charge is 2.18. The van der Waals surface area contributed by atoms with E-state index in [1.807, 2.05) is 56.6 Å². The minimum Gasteiger partial charge on any atom is -0.503 e. The van der Waals surface area contributed by atoms with Gasteiger partial charge < -0.3 is 14.2 Å². The number of aromatic nitrogens is 3. The van der Waals surface area contributed by atoms with E-state index in [9.17, 15) is 14.8 Å². The van der Waals surface area contributed by atoms with Gasteiger partial charge in [-0.2, -0.15) is 4.91 Å². The molecule has 7 heteroatoms. The molecule has 174 valence electrons. The maximum absolute atomic E-state index is 12.3. The summed E-state index contributed by atoms with van der Waals surface area (Å²) in [6.45, 7) is 1.85. The van der Waals surface area contributed by atoms with Crippen molar-refractivity contribution in [3.63, 3.8) is 0 Å². The van der Waals surface area contributed by atoms with Crippen LogP contribution in [0.25, 0.3) is 27.7 Å². The molecule has 1 N–H and O–H groups in total. The number of nitroso groups, excluding NO2 is 1. The van der Waals surface area contributed by atoms with Crippen LogP contribution in [-0.2, 0) is 13.5 Å². The molecule has 3 aromatic heterocycles. The largest absolute Gasteiger partial charge is 0.503 e. The molecule has 1 atom stereocenters. The topological polar surface area (TPSA) is 89.5 Å². The van der Waals surface area contributed by atoms with Gasteiger partial charge in [-0.05, 0) is 60.5 Å². The third-order valence-electron chi connectivity index (χ3n) is 6.23. The van der Waals surface area contributed by atoms with E-state index < -0.39 is 11.5 Å². The van der Waals surface area contributed by atoms with Crippen LogP contribution in [0.2, 0.25) is 0 Å². The summed E-state index contributed by atoms with van der Waals surface area (Å²) in [5.74, 6) is -0.367. The summed E-state index contributed by atoms with van der Waals surface area (Å²) in [5.41, 5.74) is 5.30. The number of hydrogen-bond donors (Lipinski definition) is 1. The van der Waals surface area contributed by atoms with Crippen molar-refractivity contribution < 1.29 is 5.11 Å². The van der Waals surface area contributed by atoms with Crippen molar-refractivity contribution in [2.45, 2.75) is 19.4 Å². The van der Waals surface area contributed by atoms with E-state index in [0.29, 0.717) is 11.4 Å². The Morgan fingerprint density at radius 2 is 1.80 bits per heavy atom. The van der Waals surface area contributed by atoms with Crippen molar-refractivity contribution in [2.75, 3.05) is 0 Å². The highest BCUT2D eigenvalue weighted by Crippen LogP contribution is 2.28. The van der Waals surface area contributed by atoms with Gasteiger partial charge in [0, 0.05) is 53.7 Å². The predicted octanol–water partition coefficient (Wildman–Crippen LogP) is 5.46. The van der Waals surface area contributed by atoms with Crippen LogP contribution >= 0.6 is 0 Å². The summed E-state index contributed by atoms with van der Waals surface area (Å²) in [5, 5.41) is 14.6. The van der Waals surface area contributed by atoms with Gasteiger partial charge in [0.1, 0.15) is 6.04 Å². The van der Waals surface area contributed by atoms with Crippen molar-refractivity contribution in [2.24, 2.45) is 12.2 Å². The van der Waals surface area contributed by atoms with Gasteiger partial charge in [-0.15, -0.1) is 0 Å². The Morgan fingerprint density at radius 1 is 1.00 bits per heavy atom. The third kappa shape index (κ3) is 4.36. The molecule has 2 aromatic carbocycles. The number of benzene rings is 2. The van der Waals surface area contributed by atoms with Crippen molar-refractivity contribution in [3.05, 3.63) is 117 Å². The lowest BCUT2D eigenvalue weighted by Gasteiger charge is -2.17. The first-order valence-corrected chi connectivity index (χ1v) is 11.3. The smallest absolute Gasteiger partial charge is 0.223 e. The van der Waals surface area contributed by atoms with Crippen LogP contribution < -0.4 is 5.43 Å². The van der Waals surface area contributed by atoms with Gasteiger partial charge in [-0.3, -0.25) is 9.78 Å². The van der Waals surface area contributed by atoms with E-state index in [2.05, 4.69) is 39.0 Å². The van der Waals surface area contributed by atoms with Gasteiger partial charge in [0.25, 0.3) is 0 Å². The van der Waals surface area contributed by atoms with Gasteiger partial charge in [-0.25, -0.2) is 0 Å². The minimum atomic E-state index is -0.770. The molecule has 0 spiro atoms. The highest BCUT2D eigenvalue weighted by atomic mass is 16.3. The quantitative estimate of drug-likeness (QED) is 0.338. The summed E-state index contributed by atoms with van der Waals surface area (Å²) < 4.78 is 3.81. The first kappa shape index (κ1) is 22.3. The maximum atomic E-state index is 12.3. The summed E-state index contributed by atoms with van der Waals surface area (Å²) in [6, 6.07) is 22.2. The Morgan fingerprint density at radius 3 is 2.60 bits per heavy atom. The summed E-state index contributed by atoms with van der Waals surface area (Å²) in [4.78, 5) is 28.5. The van der Waals surface area contributed by atoms with E-state index in [-0.39, 0.29) is 12.2 Å². The number of pyridine rings is 2. The van der Waals surface area contributed by atoms with Crippen LogP contribution in [-0.4, -0.2) is 19.2 Å².